The van der Waals surface area contributed by atoms with Crippen LogP contribution in [0.5, 0.6) is 5.75 Å². The number of hydrazine groups is 1. The summed E-state index contributed by atoms with van der Waals surface area (Å²) in [5.74, 6) is -1.16. The van der Waals surface area contributed by atoms with E-state index in [0.29, 0.717) is 5.52 Å². The molecule has 2 amide bonds. The Kier molecular flexibility index (Phi) is 5.57. The lowest BCUT2D eigenvalue weighted by Gasteiger charge is -2.12. The van der Waals surface area contributed by atoms with Crippen LogP contribution >= 0.6 is 0 Å². The predicted octanol–water partition coefficient (Wildman–Crippen LogP) is 1.76. The van der Waals surface area contributed by atoms with Crippen molar-refractivity contribution in [1.29, 1.82) is 0 Å². The maximum atomic E-state index is 12.6. The maximum absolute atomic E-state index is 12.6. The SMILES string of the molecule is COc1ccc(C(=O)NNC(=O)c2ccc3ccccc3n2)cc1S(=O)(=O)NC1CC1. The molecule has 3 aromatic rings. The molecular weight excluding hydrogens is 420 g/mol. The first-order valence-electron chi connectivity index (χ1n) is 9.54. The number of rotatable bonds is 6. The minimum absolute atomic E-state index is 0.0451. The molecule has 1 aliphatic carbocycles. The number of carbonyl (C=O) groups is 2. The molecule has 4 rings (SSSR count). The number of hydrogen-bond donors (Lipinski definition) is 3. The van der Waals surface area contributed by atoms with Crippen molar-refractivity contribution in [3.63, 3.8) is 0 Å². The smallest absolute Gasteiger partial charge is 0.288 e. The van der Waals surface area contributed by atoms with Crippen molar-refractivity contribution < 1.29 is 22.7 Å². The Labute approximate surface area is 178 Å². The van der Waals surface area contributed by atoms with Gasteiger partial charge in [-0.3, -0.25) is 20.4 Å². The average Bonchev–Trinajstić information content (AvgIpc) is 3.59. The number of aromatic nitrogens is 1. The Morgan fingerprint density at radius 3 is 2.48 bits per heavy atom. The van der Waals surface area contributed by atoms with Crippen molar-refractivity contribution in [3.05, 3.63) is 65.9 Å². The fourth-order valence-electron chi connectivity index (χ4n) is 2.95. The molecule has 1 aromatic heterocycles. The van der Waals surface area contributed by atoms with E-state index in [-0.39, 0.29) is 27.9 Å². The summed E-state index contributed by atoms with van der Waals surface area (Å²) in [6, 6.07) is 14.5. The van der Waals surface area contributed by atoms with E-state index in [1.807, 2.05) is 18.2 Å². The highest BCUT2D eigenvalue weighted by Crippen LogP contribution is 2.28. The van der Waals surface area contributed by atoms with E-state index in [1.165, 1.54) is 25.3 Å². The molecule has 0 saturated heterocycles. The second kappa shape index (κ2) is 8.32. The predicted molar refractivity (Wildman–Crippen MR) is 113 cm³/mol. The van der Waals surface area contributed by atoms with Crippen LogP contribution in [0.1, 0.15) is 33.7 Å². The standard InChI is InChI=1S/C21H20N4O5S/c1-30-18-11-7-14(12-19(18)31(28,29)25-15-8-9-15)20(26)23-24-21(27)17-10-6-13-4-2-3-5-16(13)22-17/h2-7,10-12,15,25H,8-9H2,1H3,(H,23,26)(H,24,27). The van der Waals surface area contributed by atoms with Crippen molar-refractivity contribution >= 4 is 32.7 Å². The fourth-order valence-corrected chi connectivity index (χ4v) is 4.45. The molecule has 0 aliphatic heterocycles. The molecule has 1 fully saturated rings. The van der Waals surface area contributed by atoms with Crippen LogP contribution in [-0.4, -0.2) is 38.4 Å². The molecule has 9 nitrogen and oxygen atoms in total. The maximum Gasteiger partial charge on any atom is 0.288 e. The van der Waals surface area contributed by atoms with E-state index >= 15 is 0 Å². The third-order valence-electron chi connectivity index (χ3n) is 4.74. The van der Waals surface area contributed by atoms with Gasteiger partial charge in [-0.25, -0.2) is 18.1 Å². The molecule has 10 heteroatoms. The van der Waals surface area contributed by atoms with Crippen LogP contribution in [0.25, 0.3) is 10.9 Å². The third-order valence-corrected chi connectivity index (χ3v) is 6.28. The quantitative estimate of drug-likeness (QED) is 0.502. The molecule has 1 saturated carbocycles. The van der Waals surface area contributed by atoms with Gasteiger partial charge in [0.2, 0.25) is 10.0 Å². The lowest BCUT2D eigenvalue weighted by atomic mass is 10.2. The Morgan fingerprint density at radius 2 is 1.74 bits per heavy atom. The summed E-state index contributed by atoms with van der Waals surface area (Å²) in [7, 11) is -2.49. The molecule has 1 aliphatic rings. The van der Waals surface area contributed by atoms with Gasteiger partial charge in [0.1, 0.15) is 16.3 Å². The summed E-state index contributed by atoms with van der Waals surface area (Å²) in [4.78, 5) is 29.0. The van der Waals surface area contributed by atoms with Crippen LogP contribution < -0.4 is 20.3 Å². The molecule has 3 N–H and O–H groups in total. The van der Waals surface area contributed by atoms with Crippen LogP contribution in [0, 0.1) is 0 Å². The van der Waals surface area contributed by atoms with Crippen molar-refractivity contribution in [2.24, 2.45) is 0 Å². The monoisotopic (exact) mass is 440 g/mol. The molecule has 31 heavy (non-hydrogen) atoms. The number of sulfonamides is 1. The first-order valence-corrected chi connectivity index (χ1v) is 11.0. The Bertz CT molecular complexity index is 1270. The second-order valence-corrected chi connectivity index (χ2v) is 8.74. The summed E-state index contributed by atoms with van der Waals surface area (Å²) in [5, 5.41) is 0.884. The number of para-hydroxylation sites is 1. The Hall–Kier alpha value is -3.50. The number of nitrogens with zero attached hydrogens (tertiary/aromatic N) is 1. The van der Waals surface area contributed by atoms with E-state index in [9.17, 15) is 18.0 Å². The van der Waals surface area contributed by atoms with E-state index in [0.717, 1.165) is 18.2 Å². The second-order valence-electron chi connectivity index (χ2n) is 7.06. The number of carbonyl (C=O) groups excluding carboxylic acids is 2. The summed E-state index contributed by atoms with van der Waals surface area (Å²) in [6.07, 6.45) is 1.55. The van der Waals surface area contributed by atoms with Crippen LogP contribution in [0.15, 0.2) is 59.5 Å². The number of pyridine rings is 1. The largest absolute Gasteiger partial charge is 0.495 e. The van der Waals surface area contributed by atoms with Gasteiger partial charge in [-0.2, -0.15) is 0 Å². The van der Waals surface area contributed by atoms with E-state index in [4.69, 9.17) is 4.74 Å². The number of hydrogen-bond acceptors (Lipinski definition) is 6. The van der Waals surface area contributed by atoms with E-state index in [2.05, 4.69) is 20.6 Å². The van der Waals surface area contributed by atoms with Gasteiger partial charge in [0.25, 0.3) is 11.8 Å². The minimum atomic E-state index is -3.84. The topological polar surface area (TPSA) is 126 Å². The summed E-state index contributed by atoms with van der Waals surface area (Å²) in [5.41, 5.74) is 5.40. The zero-order chi connectivity index (χ0) is 22.0. The first kappa shape index (κ1) is 20.8. The van der Waals surface area contributed by atoms with Gasteiger partial charge in [0.05, 0.1) is 12.6 Å². The number of ether oxygens (including phenoxy) is 1. The summed E-state index contributed by atoms with van der Waals surface area (Å²) < 4.78 is 32.9. The third kappa shape index (κ3) is 4.65. The number of nitrogens with one attached hydrogen (secondary N) is 3. The highest BCUT2D eigenvalue weighted by atomic mass is 32.2. The zero-order valence-electron chi connectivity index (χ0n) is 16.6. The molecule has 0 spiro atoms. The lowest BCUT2D eigenvalue weighted by Crippen LogP contribution is -2.42. The molecule has 0 unspecified atom stereocenters. The highest BCUT2D eigenvalue weighted by molar-refractivity contribution is 7.89. The van der Waals surface area contributed by atoms with Crippen LogP contribution in [0.2, 0.25) is 0 Å². The molecule has 0 atom stereocenters. The zero-order valence-corrected chi connectivity index (χ0v) is 17.4. The van der Waals surface area contributed by atoms with Gasteiger partial charge in [-0.1, -0.05) is 24.3 Å². The van der Waals surface area contributed by atoms with Crippen LogP contribution in [0.3, 0.4) is 0 Å². The Morgan fingerprint density at radius 1 is 1.00 bits per heavy atom. The summed E-state index contributed by atoms with van der Waals surface area (Å²) >= 11 is 0. The van der Waals surface area contributed by atoms with Crippen molar-refractivity contribution in [1.82, 2.24) is 20.6 Å². The lowest BCUT2D eigenvalue weighted by molar-refractivity contribution is 0.0844. The normalized spacial score (nSPS) is 13.6. The van der Waals surface area contributed by atoms with Crippen molar-refractivity contribution in [3.8, 4) is 5.75 Å². The molecule has 1 heterocycles. The van der Waals surface area contributed by atoms with Gasteiger partial charge in [-0.15, -0.1) is 0 Å². The van der Waals surface area contributed by atoms with Gasteiger partial charge < -0.3 is 4.74 Å². The van der Waals surface area contributed by atoms with Gasteiger partial charge >= 0.3 is 0 Å². The van der Waals surface area contributed by atoms with E-state index < -0.39 is 21.8 Å². The van der Waals surface area contributed by atoms with Gasteiger partial charge in [-0.05, 0) is 43.2 Å². The number of methoxy groups -OCH3 is 1. The van der Waals surface area contributed by atoms with E-state index in [1.54, 1.807) is 18.2 Å². The molecule has 2 aromatic carbocycles. The van der Waals surface area contributed by atoms with Gasteiger partial charge in [0, 0.05) is 17.0 Å². The van der Waals surface area contributed by atoms with Gasteiger partial charge in [0.15, 0.2) is 0 Å². The van der Waals surface area contributed by atoms with Crippen molar-refractivity contribution in [2.45, 2.75) is 23.8 Å². The Balaban J connectivity index is 1.48. The molecule has 0 radical (unpaired) electrons. The first-order chi connectivity index (χ1) is 14.9. The number of benzene rings is 2. The average molecular weight is 440 g/mol. The van der Waals surface area contributed by atoms with Crippen LogP contribution in [0.4, 0.5) is 0 Å². The fraction of sp³-hybridized carbons (Fsp3) is 0.190. The number of amides is 2. The summed E-state index contributed by atoms with van der Waals surface area (Å²) in [6.45, 7) is 0. The number of fused-ring (bicyclic) bond motifs is 1. The minimum Gasteiger partial charge on any atom is -0.495 e. The molecule has 0 bridgehead atoms. The van der Waals surface area contributed by atoms with Crippen molar-refractivity contribution in [2.75, 3.05) is 7.11 Å². The molecular formula is C21H20N4O5S. The molecule has 160 valence electrons. The van der Waals surface area contributed by atoms with Crippen LogP contribution in [-0.2, 0) is 10.0 Å². The highest BCUT2D eigenvalue weighted by Gasteiger charge is 2.30.